The second kappa shape index (κ2) is 9.19. The van der Waals surface area contributed by atoms with Crippen molar-refractivity contribution in [2.24, 2.45) is 10.9 Å². The number of benzene rings is 1. The van der Waals surface area contributed by atoms with Gasteiger partial charge in [-0.25, -0.2) is 8.78 Å². The largest absolute Gasteiger partial charge is 0.391 e. The Bertz CT molecular complexity index is 607. The Labute approximate surface area is 150 Å². The van der Waals surface area contributed by atoms with Gasteiger partial charge >= 0.3 is 6.18 Å². The maximum absolute atomic E-state index is 13.6. The molecular weight excluding hydrogens is 353 g/mol. The molecule has 0 radical (unpaired) electrons. The van der Waals surface area contributed by atoms with E-state index < -0.39 is 23.7 Å². The SMILES string of the molecule is CCNC(=NCCc1cc(F)ccc1F)NC1CCC(C(F)(F)F)CC1. The van der Waals surface area contributed by atoms with Gasteiger partial charge in [-0.05, 0) is 62.8 Å². The van der Waals surface area contributed by atoms with Crippen molar-refractivity contribution >= 4 is 5.96 Å². The van der Waals surface area contributed by atoms with Crippen LogP contribution in [0, 0.1) is 17.6 Å². The van der Waals surface area contributed by atoms with Crippen LogP contribution >= 0.6 is 0 Å². The summed E-state index contributed by atoms with van der Waals surface area (Å²) in [6.07, 6.45) is -2.83. The van der Waals surface area contributed by atoms with E-state index in [-0.39, 0.29) is 37.4 Å². The van der Waals surface area contributed by atoms with Crippen LogP contribution in [0.3, 0.4) is 0 Å². The standard InChI is InChI=1S/C18H24F5N3/c1-2-24-17(25-10-9-12-11-14(19)5-8-16(12)20)26-15-6-3-13(4-7-15)18(21,22)23/h5,8,11,13,15H,2-4,6-7,9-10H2,1H3,(H2,24,25,26). The Balaban J connectivity index is 1.88. The van der Waals surface area contributed by atoms with Crippen LogP contribution in [0.4, 0.5) is 22.0 Å². The molecule has 0 atom stereocenters. The molecule has 1 aromatic carbocycles. The molecule has 0 bridgehead atoms. The van der Waals surface area contributed by atoms with Gasteiger partial charge in [0, 0.05) is 19.1 Å². The molecule has 1 aliphatic carbocycles. The van der Waals surface area contributed by atoms with E-state index in [9.17, 15) is 22.0 Å². The third kappa shape index (κ3) is 6.14. The summed E-state index contributed by atoms with van der Waals surface area (Å²) in [6, 6.07) is 3.21. The lowest BCUT2D eigenvalue weighted by Gasteiger charge is -2.31. The Morgan fingerprint density at radius 3 is 2.46 bits per heavy atom. The summed E-state index contributed by atoms with van der Waals surface area (Å²) in [5, 5.41) is 6.18. The Hall–Kier alpha value is -1.86. The highest BCUT2D eigenvalue weighted by atomic mass is 19.4. The number of aliphatic imine (C=N–C) groups is 1. The highest BCUT2D eigenvalue weighted by Gasteiger charge is 2.41. The molecule has 1 fully saturated rings. The van der Waals surface area contributed by atoms with Gasteiger partial charge in [-0.1, -0.05) is 0 Å². The van der Waals surface area contributed by atoms with Crippen LogP contribution in [0.25, 0.3) is 0 Å². The number of halogens is 5. The molecule has 2 rings (SSSR count). The lowest BCUT2D eigenvalue weighted by atomic mass is 9.85. The molecule has 0 heterocycles. The number of alkyl halides is 3. The van der Waals surface area contributed by atoms with Crippen molar-refractivity contribution in [3.63, 3.8) is 0 Å². The first-order valence-electron chi connectivity index (χ1n) is 8.85. The molecular formula is C18H24F5N3. The lowest BCUT2D eigenvalue weighted by molar-refractivity contribution is -0.182. The van der Waals surface area contributed by atoms with Gasteiger partial charge in [-0.2, -0.15) is 13.2 Å². The molecule has 0 amide bonds. The fourth-order valence-corrected chi connectivity index (χ4v) is 3.10. The zero-order valence-corrected chi connectivity index (χ0v) is 14.7. The van der Waals surface area contributed by atoms with Gasteiger partial charge in [0.2, 0.25) is 0 Å². The quantitative estimate of drug-likeness (QED) is 0.459. The van der Waals surface area contributed by atoms with Crippen LogP contribution in [0.2, 0.25) is 0 Å². The molecule has 0 spiro atoms. The summed E-state index contributed by atoms with van der Waals surface area (Å²) in [7, 11) is 0. The summed E-state index contributed by atoms with van der Waals surface area (Å²) in [4.78, 5) is 4.32. The first kappa shape index (κ1) is 20.5. The first-order valence-corrected chi connectivity index (χ1v) is 8.85. The molecule has 8 heteroatoms. The van der Waals surface area contributed by atoms with Gasteiger partial charge in [0.1, 0.15) is 11.6 Å². The Morgan fingerprint density at radius 2 is 1.85 bits per heavy atom. The fourth-order valence-electron chi connectivity index (χ4n) is 3.10. The lowest BCUT2D eigenvalue weighted by Crippen LogP contribution is -2.46. The van der Waals surface area contributed by atoms with E-state index in [1.54, 1.807) is 0 Å². The summed E-state index contributed by atoms with van der Waals surface area (Å²) in [6.45, 7) is 2.72. The summed E-state index contributed by atoms with van der Waals surface area (Å²) >= 11 is 0. The highest BCUT2D eigenvalue weighted by Crippen LogP contribution is 2.37. The summed E-state index contributed by atoms with van der Waals surface area (Å²) in [5.41, 5.74) is 0.246. The number of hydrogen-bond donors (Lipinski definition) is 2. The first-order chi connectivity index (χ1) is 12.3. The van der Waals surface area contributed by atoms with Gasteiger partial charge < -0.3 is 10.6 Å². The third-order valence-electron chi connectivity index (χ3n) is 4.53. The third-order valence-corrected chi connectivity index (χ3v) is 4.53. The van der Waals surface area contributed by atoms with Gasteiger partial charge in [0.15, 0.2) is 5.96 Å². The van der Waals surface area contributed by atoms with Crippen molar-refractivity contribution in [3.8, 4) is 0 Å². The number of guanidine groups is 1. The molecule has 0 unspecified atom stereocenters. The summed E-state index contributed by atoms with van der Waals surface area (Å²) in [5.74, 6) is -1.72. The van der Waals surface area contributed by atoms with Crippen molar-refractivity contribution in [2.45, 2.75) is 51.2 Å². The van der Waals surface area contributed by atoms with Gasteiger partial charge in [-0.15, -0.1) is 0 Å². The van der Waals surface area contributed by atoms with Crippen LogP contribution in [0.5, 0.6) is 0 Å². The average Bonchev–Trinajstić information content (AvgIpc) is 2.58. The van der Waals surface area contributed by atoms with Gasteiger partial charge in [0.25, 0.3) is 0 Å². The van der Waals surface area contributed by atoms with Gasteiger partial charge in [-0.3, -0.25) is 4.99 Å². The maximum Gasteiger partial charge on any atom is 0.391 e. The van der Waals surface area contributed by atoms with Crippen molar-refractivity contribution in [1.29, 1.82) is 0 Å². The second-order valence-corrected chi connectivity index (χ2v) is 6.48. The second-order valence-electron chi connectivity index (χ2n) is 6.48. The number of nitrogens with one attached hydrogen (secondary N) is 2. The summed E-state index contributed by atoms with van der Waals surface area (Å²) < 4.78 is 65.0. The number of hydrogen-bond acceptors (Lipinski definition) is 1. The Kier molecular flexibility index (Phi) is 7.23. The smallest absolute Gasteiger partial charge is 0.357 e. The topological polar surface area (TPSA) is 36.4 Å². The average molecular weight is 377 g/mol. The van der Waals surface area contributed by atoms with Crippen molar-refractivity contribution in [3.05, 3.63) is 35.4 Å². The minimum atomic E-state index is -4.13. The fraction of sp³-hybridized carbons (Fsp3) is 0.611. The van der Waals surface area contributed by atoms with Crippen LogP contribution in [0.1, 0.15) is 38.2 Å². The van der Waals surface area contributed by atoms with Crippen molar-refractivity contribution in [2.75, 3.05) is 13.1 Å². The Morgan fingerprint density at radius 1 is 1.15 bits per heavy atom. The minimum absolute atomic E-state index is 0.0719. The zero-order chi connectivity index (χ0) is 19.2. The maximum atomic E-state index is 13.6. The molecule has 3 nitrogen and oxygen atoms in total. The minimum Gasteiger partial charge on any atom is -0.357 e. The van der Waals surface area contributed by atoms with E-state index >= 15 is 0 Å². The van der Waals surface area contributed by atoms with E-state index in [4.69, 9.17) is 0 Å². The molecule has 26 heavy (non-hydrogen) atoms. The molecule has 1 aliphatic rings. The molecule has 1 saturated carbocycles. The van der Waals surface area contributed by atoms with Crippen molar-refractivity contribution in [1.82, 2.24) is 10.6 Å². The van der Waals surface area contributed by atoms with E-state index in [0.717, 1.165) is 18.2 Å². The normalized spacial score (nSPS) is 21.5. The molecule has 0 aromatic heterocycles. The zero-order valence-electron chi connectivity index (χ0n) is 14.7. The highest BCUT2D eigenvalue weighted by molar-refractivity contribution is 5.80. The predicted octanol–water partition coefficient (Wildman–Crippen LogP) is 4.18. The van der Waals surface area contributed by atoms with Gasteiger partial charge in [0.05, 0.1) is 5.92 Å². The van der Waals surface area contributed by atoms with E-state index in [0.29, 0.717) is 25.3 Å². The van der Waals surface area contributed by atoms with E-state index in [1.165, 1.54) is 0 Å². The monoisotopic (exact) mass is 377 g/mol. The molecule has 1 aromatic rings. The van der Waals surface area contributed by atoms with Crippen LogP contribution in [-0.4, -0.2) is 31.3 Å². The predicted molar refractivity (Wildman–Crippen MR) is 91.0 cm³/mol. The number of nitrogens with zero attached hydrogens (tertiary/aromatic N) is 1. The molecule has 146 valence electrons. The number of rotatable bonds is 5. The van der Waals surface area contributed by atoms with E-state index in [2.05, 4.69) is 15.6 Å². The molecule has 2 N–H and O–H groups in total. The van der Waals surface area contributed by atoms with Crippen molar-refractivity contribution < 1.29 is 22.0 Å². The molecule has 0 saturated heterocycles. The van der Waals surface area contributed by atoms with Crippen LogP contribution in [-0.2, 0) is 6.42 Å². The van der Waals surface area contributed by atoms with Crippen LogP contribution < -0.4 is 10.6 Å². The molecule has 0 aliphatic heterocycles. The van der Waals surface area contributed by atoms with E-state index in [1.807, 2.05) is 6.92 Å². The van der Waals surface area contributed by atoms with Crippen LogP contribution in [0.15, 0.2) is 23.2 Å².